The van der Waals surface area contributed by atoms with Gasteiger partial charge in [-0.2, -0.15) is 5.10 Å². The van der Waals surface area contributed by atoms with Crippen LogP contribution < -0.4 is 14.2 Å². The van der Waals surface area contributed by atoms with Crippen LogP contribution >= 0.6 is 0 Å². The number of aryl methyl sites for hydroxylation is 1. The number of nitrogens with one attached hydrogen (secondary N) is 1. The third-order valence-electron chi connectivity index (χ3n) is 2.78. The Balaban J connectivity index is 2.13. The van der Waals surface area contributed by atoms with Crippen LogP contribution in [0.15, 0.2) is 35.2 Å². The van der Waals surface area contributed by atoms with E-state index in [2.05, 4.69) is 9.82 Å². The molecule has 0 atom stereocenters. The number of aromatic nitrogens is 2. The second kappa shape index (κ2) is 6.57. The summed E-state index contributed by atoms with van der Waals surface area (Å²) in [7, 11) is -0.760. The fraction of sp³-hybridized carbons (Fsp3) is 0.231. The number of carboxylic acids is 1. The summed E-state index contributed by atoms with van der Waals surface area (Å²) in [6.45, 7) is -0.502. The third-order valence-corrected chi connectivity index (χ3v) is 4.15. The highest BCUT2D eigenvalue weighted by molar-refractivity contribution is 7.92. The number of ether oxygens (including phenoxy) is 2. The van der Waals surface area contributed by atoms with Crippen LogP contribution in [-0.2, 0) is 21.9 Å². The van der Waals surface area contributed by atoms with Crippen molar-refractivity contribution >= 4 is 21.8 Å². The molecule has 124 valence electrons. The summed E-state index contributed by atoms with van der Waals surface area (Å²) in [5, 5.41) is 12.5. The SMILES string of the molecule is COc1cc(NS(=O)(=O)c2ccc(OCC(=O)O)cc2)nn1C. The molecule has 1 heterocycles. The number of anilines is 1. The summed E-state index contributed by atoms with van der Waals surface area (Å²) < 4.78 is 38.2. The average molecular weight is 341 g/mol. The van der Waals surface area contributed by atoms with Crippen molar-refractivity contribution in [2.75, 3.05) is 18.4 Å². The number of carboxylic acid groups (broad SMARTS) is 1. The van der Waals surface area contributed by atoms with Crippen LogP contribution in [0.4, 0.5) is 5.82 Å². The van der Waals surface area contributed by atoms with Gasteiger partial charge in [-0.15, -0.1) is 0 Å². The zero-order valence-electron chi connectivity index (χ0n) is 12.4. The van der Waals surface area contributed by atoms with Crippen LogP contribution in [0.5, 0.6) is 11.6 Å². The number of sulfonamides is 1. The molecule has 1 aromatic heterocycles. The van der Waals surface area contributed by atoms with E-state index in [1.165, 1.54) is 42.1 Å². The lowest BCUT2D eigenvalue weighted by Gasteiger charge is -2.07. The maximum absolute atomic E-state index is 12.3. The molecule has 0 amide bonds. The molecule has 0 aliphatic rings. The number of methoxy groups -OCH3 is 1. The molecular weight excluding hydrogens is 326 g/mol. The van der Waals surface area contributed by atoms with Crippen molar-refractivity contribution in [3.63, 3.8) is 0 Å². The standard InChI is InChI=1S/C13H15N3O6S/c1-16-12(21-2)7-11(14-16)15-23(19,20)10-5-3-9(4-6-10)22-8-13(17)18/h3-7H,8H2,1-2H3,(H,14,15)(H,17,18). The number of hydrogen-bond donors (Lipinski definition) is 2. The fourth-order valence-electron chi connectivity index (χ4n) is 1.75. The molecule has 9 nitrogen and oxygen atoms in total. The lowest BCUT2D eigenvalue weighted by atomic mass is 10.3. The number of rotatable bonds is 7. The monoisotopic (exact) mass is 341 g/mol. The minimum absolute atomic E-state index is 0.00945. The summed E-state index contributed by atoms with van der Waals surface area (Å²) in [5.41, 5.74) is 0. The zero-order chi connectivity index (χ0) is 17.0. The molecule has 1 aromatic carbocycles. The van der Waals surface area contributed by atoms with Crippen molar-refractivity contribution in [2.45, 2.75) is 4.90 Å². The number of nitrogens with zero attached hydrogens (tertiary/aromatic N) is 2. The molecule has 0 fully saturated rings. The molecule has 0 aliphatic carbocycles. The van der Waals surface area contributed by atoms with Crippen molar-refractivity contribution < 1.29 is 27.8 Å². The number of benzene rings is 1. The van der Waals surface area contributed by atoms with E-state index in [9.17, 15) is 13.2 Å². The van der Waals surface area contributed by atoms with E-state index in [-0.39, 0.29) is 16.5 Å². The van der Waals surface area contributed by atoms with Crippen LogP contribution in [-0.4, -0.2) is 43.0 Å². The Morgan fingerprint density at radius 1 is 1.35 bits per heavy atom. The molecule has 2 N–H and O–H groups in total. The molecule has 0 spiro atoms. The van der Waals surface area contributed by atoms with Gasteiger partial charge >= 0.3 is 5.97 Å². The third kappa shape index (κ3) is 4.13. The molecule has 0 bridgehead atoms. The van der Waals surface area contributed by atoms with Gasteiger partial charge in [0, 0.05) is 13.1 Å². The Hall–Kier alpha value is -2.75. The minimum atomic E-state index is -3.83. The van der Waals surface area contributed by atoms with Crippen LogP contribution in [0, 0.1) is 0 Å². The Kier molecular flexibility index (Phi) is 4.74. The second-order valence-corrected chi connectivity index (χ2v) is 6.14. The molecule has 10 heteroatoms. The van der Waals surface area contributed by atoms with Crippen molar-refractivity contribution in [1.82, 2.24) is 9.78 Å². The first-order chi connectivity index (χ1) is 10.8. The van der Waals surface area contributed by atoms with E-state index in [1.54, 1.807) is 7.05 Å². The van der Waals surface area contributed by atoms with Gasteiger partial charge in [-0.25, -0.2) is 17.9 Å². The number of hydrogen-bond acceptors (Lipinski definition) is 6. The van der Waals surface area contributed by atoms with Gasteiger partial charge in [0.2, 0.25) is 5.88 Å². The molecule has 0 saturated carbocycles. The second-order valence-electron chi connectivity index (χ2n) is 4.45. The van der Waals surface area contributed by atoms with Gasteiger partial charge in [-0.3, -0.25) is 4.72 Å². The fourth-order valence-corrected chi connectivity index (χ4v) is 2.74. The normalized spacial score (nSPS) is 11.0. The van der Waals surface area contributed by atoms with Gasteiger partial charge in [0.1, 0.15) is 5.75 Å². The molecule has 2 rings (SSSR count). The average Bonchev–Trinajstić information content (AvgIpc) is 2.84. The number of aliphatic carboxylic acids is 1. The topological polar surface area (TPSA) is 120 Å². The summed E-state index contributed by atoms with van der Waals surface area (Å²) in [5.74, 6) is -0.339. The van der Waals surface area contributed by atoms with Crippen molar-refractivity contribution in [3.8, 4) is 11.6 Å². The van der Waals surface area contributed by atoms with Crippen LogP contribution in [0.3, 0.4) is 0 Å². The maximum Gasteiger partial charge on any atom is 0.341 e. The predicted molar refractivity (Wildman–Crippen MR) is 80.1 cm³/mol. The molecule has 23 heavy (non-hydrogen) atoms. The highest BCUT2D eigenvalue weighted by Gasteiger charge is 2.17. The quantitative estimate of drug-likeness (QED) is 0.760. The van der Waals surface area contributed by atoms with E-state index in [0.717, 1.165) is 0 Å². The lowest BCUT2D eigenvalue weighted by Crippen LogP contribution is -2.14. The van der Waals surface area contributed by atoms with Gasteiger partial charge in [0.15, 0.2) is 12.4 Å². The van der Waals surface area contributed by atoms with Gasteiger partial charge in [-0.1, -0.05) is 0 Å². The Morgan fingerprint density at radius 3 is 2.52 bits per heavy atom. The molecule has 0 radical (unpaired) electrons. The van der Waals surface area contributed by atoms with E-state index in [4.69, 9.17) is 14.6 Å². The first-order valence-corrected chi connectivity index (χ1v) is 7.85. The molecule has 0 aliphatic heterocycles. The van der Waals surface area contributed by atoms with Crippen molar-refractivity contribution in [1.29, 1.82) is 0 Å². The van der Waals surface area contributed by atoms with Gasteiger partial charge in [0.05, 0.1) is 12.0 Å². The highest BCUT2D eigenvalue weighted by Crippen LogP contribution is 2.21. The largest absolute Gasteiger partial charge is 0.482 e. The maximum atomic E-state index is 12.3. The Morgan fingerprint density at radius 2 is 2.00 bits per heavy atom. The van der Waals surface area contributed by atoms with Gasteiger partial charge in [0.25, 0.3) is 10.0 Å². The highest BCUT2D eigenvalue weighted by atomic mass is 32.2. The van der Waals surface area contributed by atoms with Crippen LogP contribution in [0.1, 0.15) is 0 Å². The van der Waals surface area contributed by atoms with E-state index >= 15 is 0 Å². The zero-order valence-corrected chi connectivity index (χ0v) is 13.2. The predicted octanol–water partition coefficient (Wildman–Crippen LogP) is 0.693. The molecular formula is C13H15N3O6S. The molecule has 0 saturated heterocycles. The van der Waals surface area contributed by atoms with E-state index < -0.39 is 22.6 Å². The number of carbonyl (C=O) groups is 1. The van der Waals surface area contributed by atoms with E-state index in [1.807, 2.05) is 0 Å². The van der Waals surface area contributed by atoms with Crippen LogP contribution in [0.25, 0.3) is 0 Å². The first-order valence-electron chi connectivity index (χ1n) is 6.37. The summed E-state index contributed by atoms with van der Waals surface area (Å²) in [4.78, 5) is 10.4. The summed E-state index contributed by atoms with van der Waals surface area (Å²) in [6.07, 6.45) is 0. The minimum Gasteiger partial charge on any atom is -0.482 e. The molecule has 0 unspecified atom stereocenters. The lowest BCUT2D eigenvalue weighted by molar-refractivity contribution is -0.139. The van der Waals surface area contributed by atoms with Gasteiger partial charge < -0.3 is 14.6 Å². The van der Waals surface area contributed by atoms with Crippen LogP contribution in [0.2, 0.25) is 0 Å². The summed E-state index contributed by atoms with van der Waals surface area (Å²) >= 11 is 0. The smallest absolute Gasteiger partial charge is 0.341 e. The van der Waals surface area contributed by atoms with Crippen molar-refractivity contribution in [3.05, 3.63) is 30.3 Å². The Labute approximate surface area is 132 Å². The summed E-state index contributed by atoms with van der Waals surface area (Å²) in [6, 6.07) is 6.80. The van der Waals surface area contributed by atoms with Gasteiger partial charge in [-0.05, 0) is 24.3 Å². The van der Waals surface area contributed by atoms with Crippen molar-refractivity contribution in [2.24, 2.45) is 7.05 Å². The first kappa shape index (κ1) is 16.6. The van der Waals surface area contributed by atoms with E-state index in [0.29, 0.717) is 5.88 Å². The Bertz CT molecular complexity index is 798. The molecule has 2 aromatic rings.